The van der Waals surface area contributed by atoms with Gasteiger partial charge in [0.15, 0.2) is 0 Å². The zero-order chi connectivity index (χ0) is 22.7. The lowest BCUT2D eigenvalue weighted by atomic mass is 10.1. The Morgan fingerprint density at radius 1 is 1.16 bits per heavy atom. The molecular formula is C24H27BrN4O3. The molecule has 2 atom stereocenters. The minimum absolute atomic E-state index is 0.0745. The van der Waals surface area contributed by atoms with Gasteiger partial charge >= 0.3 is 0 Å². The molecule has 0 aliphatic carbocycles. The van der Waals surface area contributed by atoms with Gasteiger partial charge in [0.1, 0.15) is 6.54 Å². The molecule has 7 nitrogen and oxygen atoms in total. The van der Waals surface area contributed by atoms with E-state index in [0.29, 0.717) is 17.4 Å². The fraction of sp³-hybridized carbons (Fsp3) is 0.375. The normalized spacial score (nSPS) is 19.2. The monoisotopic (exact) mass is 498 g/mol. The first-order valence-electron chi connectivity index (χ1n) is 10.7. The molecule has 3 aromatic rings. The smallest absolute Gasteiger partial charge is 0.261 e. The van der Waals surface area contributed by atoms with Crippen LogP contribution in [0.15, 0.2) is 58.1 Å². The number of morpholine rings is 1. The van der Waals surface area contributed by atoms with Crippen LogP contribution in [0.2, 0.25) is 0 Å². The first kappa shape index (κ1) is 22.6. The lowest BCUT2D eigenvalue weighted by Gasteiger charge is -2.35. The molecule has 4 rings (SSSR count). The molecule has 0 bridgehead atoms. The first-order valence-corrected chi connectivity index (χ1v) is 11.5. The Morgan fingerprint density at radius 2 is 1.88 bits per heavy atom. The van der Waals surface area contributed by atoms with Crippen LogP contribution in [0, 0.1) is 0 Å². The third-order valence-corrected chi connectivity index (χ3v) is 6.08. The zero-order valence-electron chi connectivity index (χ0n) is 18.3. The Hall–Kier alpha value is -2.55. The maximum absolute atomic E-state index is 12.7. The van der Waals surface area contributed by atoms with E-state index in [1.807, 2.05) is 24.3 Å². The van der Waals surface area contributed by atoms with Crippen LogP contribution < -0.4 is 10.9 Å². The van der Waals surface area contributed by atoms with E-state index in [4.69, 9.17) is 4.74 Å². The van der Waals surface area contributed by atoms with E-state index in [2.05, 4.69) is 51.0 Å². The number of fused-ring (bicyclic) bond motifs is 1. The largest absolute Gasteiger partial charge is 0.373 e. The quantitative estimate of drug-likeness (QED) is 0.564. The number of carbonyl (C=O) groups is 1. The average molecular weight is 499 g/mol. The van der Waals surface area contributed by atoms with Crippen molar-refractivity contribution in [3.8, 4) is 0 Å². The molecule has 0 radical (unpaired) electrons. The Labute approximate surface area is 195 Å². The predicted octanol–water partition coefficient (Wildman–Crippen LogP) is 3.08. The van der Waals surface area contributed by atoms with Gasteiger partial charge in [-0.25, -0.2) is 4.98 Å². The first-order chi connectivity index (χ1) is 15.4. The van der Waals surface area contributed by atoms with E-state index in [9.17, 15) is 9.59 Å². The van der Waals surface area contributed by atoms with E-state index in [0.717, 1.165) is 29.7 Å². The van der Waals surface area contributed by atoms with Gasteiger partial charge in [0, 0.05) is 30.7 Å². The number of carbonyl (C=O) groups excluding carboxylic acids is 1. The van der Waals surface area contributed by atoms with E-state index in [1.165, 1.54) is 16.5 Å². The molecule has 1 N–H and O–H groups in total. The summed E-state index contributed by atoms with van der Waals surface area (Å²) in [6.45, 7) is 7.11. The van der Waals surface area contributed by atoms with Crippen molar-refractivity contribution < 1.29 is 9.53 Å². The zero-order valence-corrected chi connectivity index (χ0v) is 19.8. The summed E-state index contributed by atoms with van der Waals surface area (Å²) in [5.41, 5.74) is 2.63. The molecule has 1 aliphatic heterocycles. The van der Waals surface area contributed by atoms with E-state index in [1.54, 1.807) is 12.1 Å². The van der Waals surface area contributed by atoms with Crippen molar-refractivity contribution in [3.05, 3.63) is 74.7 Å². The summed E-state index contributed by atoms with van der Waals surface area (Å²) in [7, 11) is 0. The van der Waals surface area contributed by atoms with Gasteiger partial charge in [0.25, 0.3) is 5.56 Å². The highest BCUT2D eigenvalue weighted by Crippen LogP contribution is 2.17. The number of halogens is 1. The molecule has 1 fully saturated rings. The molecule has 0 spiro atoms. The van der Waals surface area contributed by atoms with Crippen LogP contribution in [0.1, 0.15) is 25.0 Å². The van der Waals surface area contributed by atoms with Crippen molar-refractivity contribution in [2.24, 2.45) is 0 Å². The van der Waals surface area contributed by atoms with Crippen molar-refractivity contribution in [3.63, 3.8) is 0 Å². The number of benzene rings is 2. The van der Waals surface area contributed by atoms with Gasteiger partial charge in [-0.1, -0.05) is 40.2 Å². The van der Waals surface area contributed by atoms with Gasteiger partial charge in [-0.05, 0) is 43.2 Å². The predicted molar refractivity (Wildman–Crippen MR) is 127 cm³/mol. The van der Waals surface area contributed by atoms with Gasteiger partial charge in [-0.3, -0.25) is 19.1 Å². The molecule has 2 heterocycles. The number of nitrogens with one attached hydrogen (secondary N) is 1. The van der Waals surface area contributed by atoms with Crippen molar-refractivity contribution in [1.82, 2.24) is 19.8 Å². The van der Waals surface area contributed by atoms with Crippen molar-refractivity contribution in [1.29, 1.82) is 0 Å². The molecule has 1 aliphatic rings. The number of rotatable bonds is 6. The molecule has 1 amide bonds. The summed E-state index contributed by atoms with van der Waals surface area (Å²) >= 11 is 3.38. The number of aromatic nitrogens is 2. The van der Waals surface area contributed by atoms with Crippen molar-refractivity contribution in [2.75, 3.05) is 13.1 Å². The molecule has 168 valence electrons. The van der Waals surface area contributed by atoms with Crippen LogP contribution in [0.4, 0.5) is 0 Å². The molecule has 2 unspecified atom stereocenters. The van der Waals surface area contributed by atoms with Gasteiger partial charge in [0.2, 0.25) is 5.91 Å². The molecule has 1 aromatic heterocycles. The fourth-order valence-electron chi connectivity index (χ4n) is 4.19. The average Bonchev–Trinajstić information content (AvgIpc) is 2.75. The van der Waals surface area contributed by atoms with Crippen LogP contribution in [-0.4, -0.2) is 45.7 Å². The Bertz CT molecular complexity index is 1170. The second-order valence-electron chi connectivity index (χ2n) is 8.34. The number of amides is 1. The number of hydrogen-bond donors (Lipinski definition) is 1. The topological polar surface area (TPSA) is 76.5 Å². The van der Waals surface area contributed by atoms with Crippen molar-refractivity contribution >= 4 is 32.7 Å². The highest BCUT2D eigenvalue weighted by molar-refractivity contribution is 9.10. The van der Waals surface area contributed by atoms with Crippen molar-refractivity contribution in [2.45, 2.75) is 45.7 Å². The van der Waals surface area contributed by atoms with Gasteiger partial charge in [-0.2, -0.15) is 0 Å². The number of nitrogens with zero attached hydrogens (tertiary/aromatic N) is 3. The molecule has 1 saturated heterocycles. The van der Waals surface area contributed by atoms with Gasteiger partial charge < -0.3 is 10.1 Å². The summed E-state index contributed by atoms with van der Waals surface area (Å²) in [6.07, 6.45) is 1.84. The Kier molecular flexibility index (Phi) is 7.03. The van der Waals surface area contributed by atoms with Crippen LogP contribution in [0.5, 0.6) is 0 Å². The third kappa shape index (κ3) is 5.43. The van der Waals surface area contributed by atoms with E-state index < -0.39 is 0 Å². The van der Waals surface area contributed by atoms with Crippen LogP contribution in [0.3, 0.4) is 0 Å². The fourth-order valence-corrected chi connectivity index (χ4v) is 4.55. The summed E-state index contributed by atoms with van der Waals surface area (Å²) in [6, 6.07) is 13.5. The summed E-state index contributed by atoms with van der Waals surface area (Å²) in [5, 5.41) is 3.43. The third-order valence-electron chi connectivity index (χ3n) is 5.58. The lowest BCUT2D eigenvalue weighted by molar-refractivity contribution is -0.121. The summed E-state index contributed by atoms with van der Waals surface area (Å²) in [5.74, 6) is -0.230. The summed E-state index contributed by atoms with van der Waals surface area (Å²) < 4.78 is 7.97. The Balaban J connectivity index is 1.41. The minimum Gasteiger partial charge on any atom is -0.373 e. The Morgan fingerprint density at radius 3 is 2.62 bits per heavy atom. The SMILES string of the molecule is CC1CN(Cc2ccccc2CNC(=O)Cn2cnc3ccc(Br)cc3c2=O)CC(C)O1. The standard InChI is InChI=1S/C24H27BrN4O3/c1-16-11-28(12-17(2)32-16)13-19-6-4-3-5-18(19)10-26-23(30)14-29-15-27-22-8-7-20(25)9-21(22)24(29)31/h3-9,15-17H,10-14H2,1-2H3,(H,26,30). The molecular weight excluding hydrogens is 472 g/mol. The highest BCUT2D eigenvalue weighted by atomic mass is 79.9. The van der Waals surface area contributed by atoms with Crippen LogP contribution in [-0.2, 0) is 29.2 Å². The van der Waals surface area contributed by atoms with Gasteiger partial charge in [-0.15, -0.1) is 0 Å². The molecule has 2 aromatic carbocycles. The number of ether oxygens (including phenoxy) is 1. The maximum Gasteiger partial charge on any atom is 0.261 e. The minimum atomic E-state index is -0.234. The highest BCUT2D eigenvalue weighted by Gasteiger charge is 2.22. The second-order valence-corrected chi connectivity index (χ2v) is 9.25. The number of hydrogen-bond acceptors (Lipinski definition) is 5. The second kappa shape index (κ2) is 9.94. The maximum atomic E-state index is 12.7. The molecule has 0 saturated carbocycles. The summed E-state index contributed by atoms with van der Waals surface area (Å²) in [4.78, 5) is 32.0. The van der Waals surface area contributed by atoms with Gasteiger partial charge in [0.05, 0.1) is 29.4 Å². The van der Waals surface area contributed by atoms with E-state index >= 15 is 0 Å². The molecule has 8 heteroatoms. The van der Waals surface area contributed by atoms with Crippen LogP contribution in [0.25, 0.3) is 10.9 Å². The van der Waals surface area contributed by atoms with E-state index in [-0.39, 0.29) is 30.2 Å². The lowest BCUT2D eigenvalue weighted by Crippen LogP contribution is -2.45. The molecule has 32 heavy (non-hydrogen) atoms. The van der Waals surface area contributed by atoms with Crippen LogP contribution >= 0.6 is 15.9 Å².